The van der Waals surface area contributed by atoms with Crippen LogP contribution in [0.5, 0.6) is 0 Å². The van der Waals surface area contributed by atoms with E-state index in [9.17, 15) is 0 Å². The second-order valence-electron chi connectivity index (χ2n) is 6.02. The highest BCUT2D eigenvalue weighted by atomic mass is 16.5. The maximum atomic E-state index is 5.91. The van der Waals surface area contributed by atoms with Crippen molar-refractivity contribution in [3.63, 3.8) is 0 Å². The summed E-state index contributed by atoms with van der Waals surface area (Å²) in [7, 11) is 2.13. The van der Waals surface area contributed by atoms with Gasteiger partial charge >= 0.3 is 0 Å². The van der Waals surface area contributed by atoms with Crippen molar-refractivity contribution in [3.8, 4) is 11.3 Å². The van der Waals surface area contributed by atoms with Crippen molar-refractivity contribution in [3.05, 3.63) is 47.7 Å². The van der Waals surface area contributed by atoms with Crippen molar-refractivity contribution in [1.82, 2.24) is 10.2 Å². The molecule has 0 amide bonds. The summed E-state index contributed by atoms with van der Waals surface area (Å²) in [4.78, 5) is 2.30. The maximum absolute atomic E-state index is 5.91. The van der Waals surface area contributed by atoms with Gasteiger partial charge in [-0.05, 0) is 26.1 Å². The molecule has 1 aromatic heterocycles. The number of nitrogens with one attached hydrogen (secondary N) is 1. The Bertz CT molecular complexity index is 591. The van der Waals surface area contributed by atoms with Crippen LogP contribution in [0.2, 0.25) is 0 Å². The van der Waals surface area contributed by atoms with E-state index in [-0.39, 0.29) is 6.10 Å². The molecule has 0 spiro atoms. The van der Waals surface area contributed by atoms with Gasteiger partial charge in [0.2, 0.25) is 0 Å². The van der Waals surface area contributed by atoms with Crippen molar-refractivity contribution < 1.29 is 9.15 Å². The van der Waals surface area contributed by atoms with E-state index in [2.05, 4.69) is 48.5 Å². The highest BCUT2D eigenvalue weighted by molar-refractivity contribution is 5.57. The smallest absolute Gasteiger partial charge is 0.134 e. The van der Waals surface area contributed by atoms with Crippen molar-refractivity contribution in [2.24, 2.45) is 0 Å². The van der Waals surface area contributed by atoms with Gasteiger partial charge in [-0.25, -0.2) is 0 Å². The molecule has 4 heteroatoms. The predicted octanol–water partition coefficient (Wildman–Crippen LogP) is 2.68. The molecule has 2 aromatic rings. The van der Waals surface area contributed by atoms with Gasteiger partial charge in [0, 0.05) is 25.2 Å². The van der Waals surface area contributed by atoms with E-state index < -0.39 is 0 Å². The van der Waals surface area contributed by atoms with E-state index in [0.29, 0.717) is 0 Å². The lowest BCUT2D eigenvalue weighted by Gasteiger charge is -2.30. The first kappa shape index (κ1) is 15.3. The molecular weight excluding hydrogens is 276 g/mol. The molecule has 1 fully saturated rings. The van der Waals surface area contributed by atoms with Gasteiger partial charge in [0.1, 0.15) is 11.5 Å². The van der Waals surface area contributed by atoms with Crippen LogP contribution in [0.3, 0.4) is 0 Å². The van der Waals surface area contributed by atoms with Crippen LogP contribution in [0.15, 0.2) is 40.8 Å². The fourth-order valence-corrected chi connectivity index (χ4v) is 2.69. The second-order valence-corrected chi connectivity index (χ2v) is 6.02. The molecule has 4 nitrogen and oxygen atoms in total. The normalized spacial score (nSPS) is 19.5. The van der Waals surface area contributed by atoms with Crippen molar-refractivity contribution in [1.29, 1.82) is 0 Å². The fourth-order valence-electron chi connectivity index (χ4n) is 2.69. The lowest BCUT2D eigenvalue weighted by molar-refractivity contribution is -0.0183. The van der Waals surface area contributed by atoms with Crippen LogP contribution < -0.4 is 5.32 Å². The summed E-state index contributed by atoms with van der Waals surface area (Å²) in [5.41, 5.74) is 2.38. The molecule has 1 N–H and O–H groups in total. The number of nitrogens with zero attached hydrogens (tertiary/aromatic N) is 1. The third-order valence-corrected chi connectivity index (χ3v) is 4.01. The summed E-state index contributed by atoms with van der Waals surface area (Å²) in [6, 6.07) is 12.5. The summed E-state index contributed by atoms with van der Waals surface area (Å²) in [6.07, 6.45) is 0.269. The topological polar surface area (TPSA) is 37.6 Å². The monoisotopic (exact) mass is 300 g/mol. The van der Waals surface area contributed by atoms with Gasteiger partial charge in [-0.2, -0.15) is 0 Å². The molecule has 1 saturated heterocycles. The third kappa shape index (κ3) is 3.97. The van der Waals surface area contributed by atoms with Crippen LogP contribution in [-0.2, 0) is 11.3 Å². The van der Waals surface area contributed by atoms with Gasteiger partial charge in [0.25, 0.3) is 0 Å². The number of hydrogen-bond donors (Lipinski definition) is 1. The van der Waals surface area contributed by atoms with Crippen LogP contribution in [0.4, 0.5) is 0 Å². The fraction of sp³-hybridized carbons (Fsp3) is 0.444. The summed E-state index contributed by atoms with van der Waals surface area (Å²) < 4.78 is 11.6. The molecule has 1 aliphatic rings. The Kier molecular flexibility index (Phi) is 4.93. The van der Waals surface area contributed by atoms with E-state index in [1.807, 2.05) is 12.1 Å². The van der Waals surface area contributed by atoms with E-state index >= 15 is 0 Å². The molecule has 0 radical (unpaired) electrons. The molecular formula is C18H24N2O2. The molecule has 1 aliphatic heterocycles. The van der Waals surface area contributed by atoms with Crippen LogP contribution in [0.1, 0.15) is 11.3 Å². The molecule has 0 aliphatic carbocycles. The van der Waals surface area contributed by atoms with Gasteiger partial charge in [-0.15, -0.1) is 0 Å². The number of likely N-dealkylation sites (N-methyl/N-ethyl adjacent to an activating group) is 1. The molecule has 2 heterocycles. The summed E-state index contributed by atoms with van der Waals surface area (Å²) in [5.74, 6) is 1.88. The van der Waals surface area contributed by atoms with E-state index in [1.54, 1.807) is 0 Å². The summed E-state index contributed by atoms with van der Waals surface area (Å²) in [6.45, 7) is 6.50. The number of benzene rings is 1. The maximum Gasteiger partial charge on any atom is 0.134 e. The molecule has 22 heavy (non-hydrogen) atoms. The van der Waals surface area contributed by atoms with E-state index in [1.165, 1.54) is 5.56 Å². The predicted molar refractivity (Wildman–Crippen MR) is 87.8 cm³/mol. The average molecular weight is 300 g/mol. The number of aryl methyl sites for hydroxylation is 1. The molecule has 0 saturated carbocycles. The van der Waals surface area contributed by atoms with E-state index in [0.717, 1.165) is 49.9 Å². The largest absolute Gasteiger partial charge is 0.460 e. The van der Waals surface area contributed by atoms with E-state index in [4.69, 9.17) is 9.15 Å². The first-order valence-corrected chi connectivity index (χ1v) is 7.87. The zero-order valence-electron chi connectivity index (χ0n) is 13.3. The Morgan fingerprint density at radius 3 is 2.77 bits per heavy atom. The zero-order valence-corrected chi connectivity index (χ0v) is 13.3. The van der Waals surface area contributed by atoms with Crippen molar-refractivity contribution >= 4 is 0 Å². The Morgan fingerprint density at radius 1 is 1.18 bits per heavy atom. The third-order valence-electron chi connectivity index (χ3n) is 4.01. The van der Waals surface area contributed by atoms with Gasteiger partial charge in [-0.1, -0.05) is 29.8 Å². The molecule has 1 atom stereocenters. The number of hydrogen-bond acceptors (Lipinski definition) is 4. The molecule has 1 aromatic carbocycles. The molecule has 0 bridgehead atoms. The Balaban J connectivity index is 1.50. The number of rotatable bonds is 5. The van der Waals surface area contributed by atoms with Crippen LogP contribution in [0, 0.1) is 6.92 Å². The van der Waals surface area contributed by atoms with Gasteiger partial charge < -0.3 is 19.4 Å². The zero-order chi connectivity index (χ0) is 15.4. The SMILES string of the molecule is Cc1ccc(-c2ccc(CNCC3CN(C)CCO3)o2)cc1. The lowest BCUT2D eigenvalue weighted by Crippen LogP contribution is -2.44. The molecule has 3 rings (SSSR count). The minimum atomic E-state index is 0.269. The minimum absolute atomic E-state index is 0.269. The van der Waals surface area contributed by atoms with Crippen LogP contribution in [0.25, 0.3) is 11.3 Å². The lowest BCUT2D eigenvalue weighted by atomic mass is 10.1. The summed E-state index contributed by atoms with van der Waals surface area (Å²) >= 11 is 0. The van der Waals surface area contributed by atoms with Gasteiger partial charge in [0.05, 0.1) is 19.3 Å². The minimum Gasteiger partial charge on any atom is -0.460 e. The van der Waals surface area contributed by atoms with Crippen LogP contribution >= 0.6 is 0 Å². The highest BCUT2D eigenvalue weighted by Crippen LogP contribution is 2.22. The quantitative estimate of drug-likeness (QED) is 0.921. The van der Waals surface area contributed by atoms with Gasteiger partial charge in [0.15, 0.2) is 0 Å². The Labute approximate surface area is 132 Å². The first-order chi connectivity index (χ1) is 10.7. The number of morpholine rings is 1. The highest BCUT2D eigenvalue weighted by Gasteiger charge is 2.17. The second kappa shape index (κ2) is 7.09. The molecule has 118 valence electrons. The summed E-state index contributed by atoms with van der Waals surface area (Å²) in [5, 5.41) is 3.42. The van der Waals surface area contributed by atoms with Gasteiger partial charge in [-0.3, -0.25) is 0 Å². The van der Waals surface area contributed by atoms with Crippen molar-refractivity contribution in [2.75, 3.05) is 33.3 Å². The standard InChI is InChI=1S/C18H24N2O2/c1-14-3-5-15(6-4-14)18-8-7-16(22-18)11-19-12-17-13-20(2)9-10-21-17/h3-8,17,19H,9-13H2,1-2H3. The Hall–Kier alpha value is -1.62. The average Bonchev–Trinajstić information content (AvgIpc) is 2.97. The van der Waals surface area contributed by atoms with Crippen molar-refractivity contribution in [2.45, 2.75) is 19.6 Å². The number of furan rings is 1. The molecule has 1 unspecified atom stereocenters. The van der Waals surface area contributed by atoms with Crippen LogP contribution in [-0.4, -0.2) is 44.3 Å². The first-order valence-electron chi connectivity index (χ1n) is 7.87. The number of ether oxygens (including phenoxy) is 1. The Morgan fingerprint density at radius 2 is 2.00 bits per heavy atom.